The summed E-state index contributed by atoms with van der Waals surface area (Å²) in [5.41, 5.74) is 0.409. The zero-order valence-corrected chi connectivity index (χ0v) is 20.6. The lowest BCUT2D eigenvalue weighted by Gasteiger charge is -2.45. The molecule has 1 saturated heterocycles. The highest BCUT2D eigenvalue weighted by molar-refractivity contribution is 5.80. The number of carbonyl (C=O) groups excluding carboxylic acids is 2. The molecule has 8 nitrogen and oxygen atoms in total. The number of carbonyl (C=O) groups is 2. The first-order valence-electron chi connectivity index (χ1n) is 11.6. The molecular formula is C26H34FN3O5. The normalized spacial score (nSPS) is 15.3. The standard InChI is InChI=1S/C26H34FN3O5/c1-33-15-14-30(25(32)28-17-20-6-4-7-21(16-20)34-2)26(19-31)10-12-29(13-11-26)18-22-23(27)8-5-9-24(22)35-3/h4-9,16,19H,10-15,17-18H2,1-3H3,(H,28,32). The SMILES string of the molecule is COCCN(C(=O)NCc1cccc(OC)c1)C1(C=O)CCN(Cc2c(F)cccc2OC)CC1. The number of aldehydes is 1. The van der Waals surface area contributed by atoms with Crippen molar-refractivity contribution in [3.05, 3.63) is 59.4 Å². The summed E-state index contributed by atoms with van der Waals surface area (Å²) in [6.45, 7) is 2.31. The van der Waals surface area contributed by atoms with Gasteiger partial charge in [-0.1, -0.05) is 18.2 Å². The summed E-state index contributed by atoms with van der Waals surface area (Å²) in [6, 6.07) is 11.9. The highest BCUT2D eigenvalue weighted by Crippen LogP contribution is 2.30. The number of likely N-dealkylation sites (tertiary alicyclic amines) is 1. The molecule has 1 heterocycles. The van der Waals surface area contributed by atoms with Gasteiger partial charge in [-0.15, -0.1) is 0 Å². The monoisotopic (exact) mass is 487 g/mol. The third kappa shape index (κ3) is 6.49. The Labute approximate surface area is 205 Å². The Hall–Kier alpha value is -3.17. The van der Waals surface area contributed by atoms with Gasteiger partial charge in [0.2, 0.25) is 0 Å². The number of nitrogens with one attached hydrogen (secondary N) is 1. The van der Waals surface area contributed by atoms with Gasteiger partial charge in [-0.25, -0.2) is 9.18 Å². The Morgan fingerprint density at radius 1 is 1.14 bits per heavy atom. The van der Waals surface area contributed by atoms with Crippen molar-refractivity contribution in [3.63, 3.8) is 0 Å². The van der Waals surface area contributed by atoms with Crippen LogP contribution in [-0.4, -0.2) is 75.2 Å². The molecule has 0 saturated carbocycles. The molecule has 35 heavy (non-hydrogen) atoms. The predicted octanol–water partition coefficient (Wildman–Crippen LogP) is 3.23. The van der Waals surface area contributed by atoms with Crippen LogP contribution in [0.25, 0.3) is 0 Å². The van der Waals surface area contributed by atoms with Gasteiger partial charge >= 0.3 is 6.03 Å². The Kier molecular flexibility index (Phi) is 9.45. The number of hydrogen-bond donors (Lipinski definition) is 1. The van der Waals surface area contributed by atoms with E-state index in [0.717, 1.165) is 11.8 Å². The molecule has 0 aromatic heterocycles. The largest absolute Gasteiger partial charge is 0.497 e. The molecule has 9 heteroatoms. The summed E-state index contributed by atoms with van der Waals surface area (Å²) in [4.78, 5) is 29.3. The van der Waals surface area contributed by atoms with Crippen molar-refractivity contribution >= 4 is 12.3 Å². The van der Waals surface area contributed by atoms with E-state index in [4.69, 9.17) is 14.2 Å². The maximum Gasteiger partial charge on any atom is 0.318 e. The minimum atomic E-state index is -0.965. The lowest BCUT2D eigenvalue weighted by molar-refractivity contribution is -0.120. The van der Waals surface area contributed by atoms with E-state index in [1.165, 1.54) is 13.2 Å². The Balaban J connectivity index is 1.69. The number of methoxy groups -OCH3 is 3. The minimum Gasteiger partial charge on any atom is -0.497 e. The molecule has 0 atom stereocenters. The summed E-state index contributed by atoms with van der Waals surface area (Å²) in [5, 5.41) is 2.93. The minimum absolute atomic E-state index is 0.278. The maximum atomic E-state index is 14.4. The molecule has 0 aliphatic carbocycles. The molecule has 1 N–H and O–H groups in total. The number of amides is 2. The van der Waals surface area contributed by atoms with E-state index in [-0.39, 0.29) is 18.4 Å². The molecule has 2 aromatic carbocycles. The second kappa shape index (κ2) is 12.5. The van der Waals surface area contributed by atoms with Crippen LogP contribution >= 0.6 is 0 Å². The molecule has 0 unspecified atom stereocenters. The molecule has 0 bridgehead atoms. The van der Waals surface area contributed by atoms with Crippen LogP contribution in [0.15, 0.2) is 42.5 Å². The van der Waals surface area contributed by atoms with E-state index in [1.54, 1.807) is 31.3 Å². The second-order valence-electron chi connectivity index (χ2n) is 8.57. The molecule has 2 amide bonds. The Bertz CT molecular complexity index is 995. The summed E-state index contributed by atoms with van der Waals surface area (Å²) in [7, 11) is 4.67. The first-order valence-corrected chi connectivity index (χ1v) is 11.6. The molecule has 0 spiro atoms. The predicted molar refractivity (Wildman–Crippen MR) is 130 cm³/mol. The fourth-order valence-corrected chi connectivity index (χ4v) is 4.42. The highest BCUT2D eigenvalue weighted by atomic mass is 19.1. The van der Waals surface area contributed by atoms with Crippen LogP contribution in [-0.2, 0) is 22.6 Å². The third-order valence-electron chi connectivity index (χ3n) is 6.50. The van der Waals surface area contributed by atoms with E-state index >= 15 is 0 Å². The molecule has 2 aromatic rings. The Morgan fingerprint density at radius 3 is 2.54 bits per heavy atom. The van der Waals surface area contributed by atoms with Gasteiger partial charge in [-0.05, 0) is 42.7 Å². The van der Waals surface area contributed by atoms with Crippen LogP contribution in [0.2, 0.25) is 0 Å². The Morgan fingerprint density at radius 2 is 1.89 bits per heavy atom. The average molecular weight is 488 g/mol. The number of ether oxygens (including phenoxy) is 3. The number of urea groups is 1. The van der Waals surface area contributed by atoms with Crippen molar-refractivity contribution in [1.29, 1.82) is 0 Å². The number of piperidine rings is 1. The molecular weight excluding hydrogens is 453 g/mol. The number of hydrogen-bond acceptors (Lipinski definition) is 6. The van der Waals surface area contributed by atoms with Gasteiger partial charge in [0.05, 0.1) is 20.8 Å². The van der Waals surface area contributed by atoms with Crippen LogP contribution in [0.4, 0.5) is 9.18 Å². The van der Waals surface area contributed by atoms with E-state index in [0.29, 0.717) is 62.7 Å². The van der Waals surface area contributed by atoms with Gasteiger partial charge in [0.15, 0.2) is 0 Å². The van der Waals surface area contributed by atoms with Crippen LogP contribution in [0.5, 0.6) is 11.5 Å². The lowest BCUT2D eigenvalue weighted by Crippen LogP contribution is -2.61. The van der Waals surface area contributed by atoms with Gasteiger partial charge in [0, 0.05) is 45.4 Å². The number of halogens is 1. The van der Waals surface area contributed by atoms with Gasteiger partial charge in [0.1, 0.15) is 29.1 Å². The van der Waals surface area contributed by atoms with Crippen LogP contribution < -0.4 is 14.8 Å². The molecule has 3 rings (SSSR count). The maximum absolute atomic E-state index is 14.4. The quantitative estimate of drug-likeness (QED) is 0.491. The zero-order chi connectivity index (χ0) is 25.3. The average Bonchev–Trinajstić information content (AvgIpc) is 2.89. The zero-order valence-electron chi connectivity index (χ0n) is 20.6. The van der Waals surface area contributed by atoms with Crippen molar-refractivity contribution in [2.45, 2.75) is 31.5 Å². The van der Waals surface area contributed by atoms with Gasteiger partial charge in [0.25, 0.3) is 0 Å². The van der Waals surface area contributed by atoms with Crippen LogP contribution in [0.1, 0.15) is 24.0 Å². The van der Waals surface area contributed by atoms with Crippen molar-refractivity contribution in [3.8, 4) is 11.5 Å². The summed E-state index contributed by atoms with van der Waals surface area (Å²) in [6.07, 6.45) is 1.74. The highest BCUT2D eigenvalue weighted by Gasteiger charge is 2.42. The third-order valence-corrected chi connectivity index (χ3v) is 6.50. The van der Waals surface area contributed by atoms with Gasteiger partial charge in [-0.3, -0.25) is 4.90 Å². The van der Waals surface area contributed by atoms with E-state index in [2.05, 4.69) is 10.2 Å². The van der Waals surface area contributed by atoms with Crippen molar-refractivity contribution in [2.24, 2.45) is 0 Å². The van der Waals surface area contributed by atoms with E-state index < -0.39 is 5.54 Å². The van der Waals surface area contributed by atoms with Crippen LogP contribution in [0.3, 0.4) is 0 Å². The fourth-order valence-electron chi connectivity index (χ4n) is 4.42. The molecule has 1 aliphatic heterocycles. The van der Waals surface area contributed by atoms with E-state index in [9.17, 15) is 14.0 Å². The van der Waals surface area contributed by atoms with Crippen LogP contribution in [0, 0.1) is 5.82 Å². The molecule has 1 aliphatic rings. The first-order chi connectivity index (χ1) is 17.0. The van der Waals surface area contributed by atoms with Crippen molar-refractivity contribution < 1.29 is 28.2 Å². The number of benzene rings is 2. The molecule has 190 valence electrons. The summed E-state index contributed by atoms with van der Waals surface area (Å²) < 4.78 is 30.2. The van der Waals surface area contributed by atoms with Crippen molar-refractivity contribution in [2.75, 3.05) is 47.6 Å². The molecule has 0 radical (unpaired) electrons. The lowest BCUT2D eigenvalue weighted by atomic mass is 9.86. The number of nitrogens with zero attached hydrogens (tertiary/aromatic N) is 2. The topological polar surface area (TPSA) is 80.3 Å². The van der Waals surface area contributed by atoms with Crippen molar-refractivity contribution in [1.82, 2.24) is 15.1 Å². The smallest absolute Gasteiger partial charge is 0.318 e. The number of rotatable bonds is 11. The molecule has 1 fully saturated rings. The van der Waals surface area contributed by atoms with E-state index in [1.807, 2.05) is 24.3 Å². The summed E-state index contributed by atoms with van der Waals surface area (Å²) >= 11 is 0. The fraction of sp³-hybridized carbons (Fsp3) is 0.462. The van der Waals surface area contributed by atoms with Gasteiger partial charge in [-0.2, -0.15) is 0 Å². The summed E-state index contributed by atoms with van der Waals surface area (Å²) in [5.74, 6) is 0.877. The van der Waals surface area contributed by atoms with Gasteiger partial charge < -0.3 is 29.2 Å². The second-order valence-corrected chi connectivity index (χ2v) is 8.57. The first kappa shape index (κ1) is 26.4.